The third-order valence-corrected chi connectivity index (χ3v) is 2.65. The van der Waals surface area contributed by atoms with Gasteiger partial charge in [-0.1, -0.05) is 17.7 Å². The number of carbonyl (C=O) groups excluding carboxylic acids is 2. The molecule has 0 aromatic heterocycles. The van der Waals surface area contributed by atoms with Gasteiger partial charge in [-0.3, -0.25) is 4.79 Å². The van der Waals surface area contributed by atoms with E-state index in [1.165, 1.54) is 20.3 Å². The lowest BCUT2D eigenvalue weighted by atomic mass is 10.1. The van der Waals surface area contributed by atoms with Crippen LogP contribution >= 0.6 is 11.6 Å². The lowest BCUT2D eigenvalue weighted by molar-refractivity contribution is -0.140. The molecular weight excluding hydrogens is 244 g/mol. The molecule has 0 aliphatic rings. The molecule has 5 heteroatoms. The highest BCUT2D eigenvalue weighted by Gasteiger charge is 2.10. The summed E-state index contributed by atoms with van der Waals surface area (Å²) in [5.74, 6) is -0.732. The molecule has 0 unspecified atom stereocenters. The zero-order chi connectivity index (χ0) is 12.8. The Bertz CT molecular complexity index is 429. The number of methoxy groups -OCH3 is 2. The number of hydrogen-bond donors (Lipinski definition) is 0. The highest BCUT2D eigenvalue weighted by molar-refractivity contribution is 6.31. The van der Waals surface area contributed by atoms with Crippen LogP contribution in [-0.2, 0) is 20.7 Å². The van der Waals surface area contributed by atoms with Gasteiger partial charge in [-0.15, -0.1) is 0 Å². The van der Waals surface area contributed by atoms with E-state index < -0.39 is 5.97 Å². The molecule has 4 nitrogen and oxygen atoms in total. The van der Waals surface area contributed by atoms with Crippen molar-refractivity contribution in [3.05, 3.63) is 34.3 Å². The Morgan fingerprint density at radius 1 is 1.24 bits per heavy atom. The van der Waals surface area contributed by atoms with Crippen molar-refractivity contribution >= 4 is 23.5 Å². The highest BCUT2D eigenvalue weighted by atomic mass is 35.5. The Hall–Kier alpha value is -1.55. The summed E-state index contributed by atoms with van der Waals surface area (Å²) in [6.07, 6.45) is 0.737. The van der Waals surface area contributed by atoms with Crippen LogP contribution in [0.15, 0.2) is 18.2 Å². The van der Waals surface area contributed by atoms with E-state index in [2.05, 4.69) is 9.47 Å². The maximum Gasteiger partial charge on any atom is 0.337 e. The van der Waals surface area contributed by atoms with Gasteiger partial charge in [0.15, 0.2) is 0 Å². The van der Waals surface area contributed by atoms with Crippen LogP contribution in [0.3, 0.4) is 0 Å². The minimum absolute atomic E-state index is 0.258. The van der Waals surface area contributed by atoms with E-state index in [9.17, 15) is 9.59 Å². The van der Waals surface area contributed by atoms with Crippen molar-refractivity contribution in [2.24, 2.45) is 0 Å². The molecule has 0 amide bonds. The van der Waals surface area contributed by atoms with E-state index in [0.29, 0.717) is 17.0 Å². The normalized spacial score (nSPS) is 9.82. The van der Waals surface area contributed by atoms with Gasteiger partial charge < -0.3 is 9.47 Å². The number of esters is 2. The minimum Gasteiger partial charge on any atom is -0.469 e. The number of carbonyl (C=O) groups is 2. The predicted molar refractivity (Wildman–Crippen MR) is 63.1 cm³/mol. The van der Waals surface area contributed by atoms with Crippen LogP contribution in [0.5, 0.6) is 0 Å². The lowest BCUT2D eigenvalue weighted by Crippen LogP contribution is -2.04. The molecule has 0 heterocycles. The molecule has 1 rings (SSSR count). The first kappa shape index (κ1) is 13.5. The molecule has 0 saturated heterocycles. The smallest absolute Gasteiger partial charge is 0.337 e. The topological polar surface area (TPSA) is 52.6 Å². The number of benzene rings is 1. The number of rotatable bonds is 4. The summed E-state index contributed by atoms with van der Waals surface area (Å²) in [4.78, 5) is 22.2. The van der Waals surface area contributed by atoms with Crippen molar-refractivity contribution in [1.29, 1.82) is 0 Å². The molecular formula is C12H13ClO4. The average Bonchev–Trinajstić information content (AvgIpc) is 2.35. The van der Waals surface area contributed by atoms with Crippen molar-refractivity contribution in [3.63, 3.8) is 0 Å². The first-order valence-electron chi connectivity index (χ1n) is 5.02. The maximum absolute atomic E-state index is 11.2. The van der Waals surface area contributed by atoms with Crippen LogP contribution in [0, 0.1) is 0 Å². The molecule has 17 heavy (non-hydrogen) atoms. The van der Waals surface area contributed by atoms with Crippen molar-refractivity contribution in [3.8, 4) is 0 Å². The number of hydrogen-bond acceptors (Lipinski definition) is 4. The van der Waals surface area contributed by atoms with Crippen molar-refractivity contribution in [2.75, 3.05) is 14.2 Å². The second-order valence-electron chi connectivity index (χ2n) is 3.37. The summed E-state index contributed by atoms with van der Waals surface area (Å²) in [6, 6.07) is 4.85. The standard InChI is InChI=1S/C12H13ClO4/c1-16-11(14)6-5-8-3-4-9(7-10(8)13)12(15)17-2/h3-4,7H,5-6H2,1-2H3. The quantitative estimate of drug-likeness (QED) is 0.776. The van der Waals surface area contributed by atoms with Crippen molar-refractivity contribution in [2.45, 2.75) is 12.8 Å². The average molecular weight is 257 g/mol. The summed E-state index contributed by atoms with van der Waals surface area (Å²) in [5.41, 5.74) is 1.18. The fourth-order valence-electron chi connectivity index (χ4n) is 1.33. The maximum atomic E-state index is 11.2. The van der Waals surface area contributed by atoms with Crippen molar-refractivity contribution < 1.29 is 19.1 Å². The van der Waals surface area contributed by atoms with Gasteiger partial charge in [-0.2, -0.15) is 0 Å². The van der Waals surface area contributed by atoms with E-state index in [4.69, 9.17) is 11.6 Å². The SMILES string of the molecule is COC(=O)CCc1ccc(C(=O)OC)cc1Cl. The zero-order valence-corrected chi connectivity index (χ0v) is 10.4. The van der Waals surface area contributed by atoms with E-state index >= 15 is 0 Å². The summed E-state index contributed by atoms with van der Waals surface area (Å²) >= 11 is 6.00. The molecule has 0 aliphatic carbocycles. The summed E-state index contributed by atoms with van der Waals surface area (Å²) in [6.45, 7) is 0. The summed E-state index contributed by atoms with van der Waals surface area (Å²) in [7, 11) is 2.64. The molecule has 0 saturated carbocycles. The van der Waals surface area contributed by atoms with Gasteiger partial charge in [-0.25, -0.2) is 4.79 Å². The van der Waals surface area contributed by atoms with Crippen LogP contribution in [0.1, 0.15) is 22.3 Å². The Labute approximate surface area is 104 Å². The van der Waals surface area contributed by atoms with Crippen LogP contribution in [0.4, 0.5) is 0 Å². The molecule has 92 valence electrons. The minimum atomic E-state index is -0.439. The fraction of sp³-hybridized carbons (Fsp3) is 0.333. The Morgan fingerprint density at radius 3 is 2.47 bits per heavy atom. The molecule has 0 atom stereocenters. The fourth-order valence-corrected chi connectivity index (χ4v) is 1.61. The predicted octanol–water partition coefficient (Wildman–Crippen LogP) is 2.23. The molecule has 0 fully saturated rings. The Balaban J connectivity index is 2.76. The third-order valence-electron chi connectivity index (χ3n) is 2.30. The lowest BCUT2D eigenvalue weighted by Gasteiger charge is -2.05. The van der Waals surface area contributed by atoms with Gasteiger partial charge in [0.25, 0.3) is 0 Å². The first-order chi connectivity index (χ1) is 8.08. The highest BCUT2D eigenvalue weighted by Crippen LogP contribution is 2.20. The van der Waals surface area contributed by atoms with Crippen LogP contribution < -0.4 is 0 Å². The van der Waals surface area contributed by atoms with Gasteiger partial charge in [0.1, 0.15) is 0 Å². The van der Waals surface area contributed by atoms with Crippen LogP contribution in [-0.4, -0.2) is 26.2 Å². The van der Waals surface area contributed by atoms with Gasteiger partial charge in [0.05, 0.1) is 19.8 Å². The largest absolute Gasteiger partial charge is 0.469 e. The second kappa shape index (κ2) is 6.25. The number of aryl methyl sites for hydroxylation is 1. The molecule has 0 radical (unpaired) electrons. The van der Waals surface area contributed by atoms with Crippen LogP contribution in [0.2, 0.25) is 5.02 Å². The molecule has 1 aromatic rings. The molecule has 0 aliphatic heterocycles. The van der Waals surface area contributed by atoms with Crippen LogP contribution in [0.25, 0.3) is 0 Å². The third kappa shape index (κ3) is 3.75. The van der Waals surface area contributed by atoms with E-state index in [0.717, 1.165) is 5.56 Å². The molecule has 0 spiro atoms. The monoisotopic (exact) mass is 256 g/mol. The Morgan fingerprint density at radius 2 is 1.94 bits per heavy atom. The second-order valence-corrected chi connectivity index (χ2v) is 3.78. The number of halogens is 1. The summed E-state index contributed by atoms with van der Waals surface area (Å²) < 4.78 is 9.11. The van der Waals surface area contributed by atoms with Gasteiger partial charge in [0.2, 0.25) is 0 Å². The zero-order valence-electron chi connectivity index (χ0n) is 9.66. The number of ether oxygens (including phenoxy) is 2. The van der Waals surface area contributed by atoms with Gasteiger partial charge >= 0.3 is 11.9 Å². The molecule has 0 N–H and O–H groups in total. The van der Waals surface area contributed by atoms with Gasteiger partial charge in [-0.05, 0) is 24.1 Å². The first-order valence-corrected chi connectivity index (χ1v) is 5.40. The van der Waals surface area contributed by atoms with E-state index in [1.54, 1.807) is 12.1 Å². The Kier molecular flexibility index (Phi) is 4.97. The summed E-state index contributed by atoms with van der Waals surface area (Å²) in [5, 5.41) is 0.441. The van der Waals surface area contributed by atoms with E-state index in [1.807, 2.05) is 0 Å². The molecule has 1 aromatic carbocycles. The van der Waals surface area contributed by atoms with Crippen molar-refractivity contribution in [1.82, 2.24) is 0 Å². The van der Waals surface area contributed by atoms with E-state index in [-0.39, 0.29) is 12.4 Å². The molecule has 0 bridgehead atoms. The van der Waals surface area contributed by atoms with Gasteiger partial charge in [0, 0.05) is 11.4 Å².